The number of hydrogen-bond acceptors (Lipinski definition) is 2. The largest absolute Gasteiger partial charge is 0.494 e. The van der Waals surface area contributed by atoms with Crippen LogP contribution in [0.15, 0.2) is 24.3 Å². The van der Waals surface area contributed by atoms with Crippen molar-refractivity contribution in [3.63, 3.8) is 0 Å². The van der Waals surface area contributed by atoms with E-state index in [1.54, 1.807) is 0 Å². The van der Waals surface area contributed by atoms with Crippen LogP contribution in [0.2, 0.25) is 24.2 Å². The van der Waals surface area contributed by atoms with Crippen LogP contribution in [0.5, 0.6) is 0 Å². The molecule has 0 N–H and O–H groups in total. The second kappa shape index (κ2) is 20.0. The van der Waals surface area contributed by atoms with E-state index in [0.717, 1.165) is 24.3 Å². The standard InChI is InChI=1S/C34H24BF39O2Si/c1-14-2-4-15(5-3-14)35-75-12-16(76-35)13-77(9-6-17(36,37)20(42,43)23(48,49)26(54,55)29(60,61)32(66,67)68,10-7-18(38,39)21(44,45)24(50,51)27(56,57)30(62,63)33(69,70)71)11-8-19(40,41)22(46,47)25(52,53)28(58,59)31(64,65)34(72,73)74/h2-5,16H,6-13H2,1H3. The van der Waals surface area contributed by atoms with E-state index in [2.05, 4.69) is 0 Å². The van der Waals surface area contributed by atoms with Crippen LogP contribution in [0, 0.1) is 6.92 Å². The Morgan fingerprint density at radius 3 is 0.831 bits per heavy atom. The third-order valence-corrected chi connectivity index (χ3v) is 16.9. The summed E-state index contributed by atoms with van der Waals surface area (Å²) in [5.41, 5.74) is -0.116. The first-order valence-corrected chi connectivity index (χ1v) is 22.3. The molecular formula is C34H24BF39O2Si. The Bertz CT molecular complexity index is 1990. The van der Waals surface area contributed by atoms with Gasteiger partial charge in [0.05, 0.1) is 20.8 Å². The van der Waals surface area contributed by atoms with Gasteiger partial charge in [-0.1, -0.05) is 48.0 Å². The average molecular weight is 1240 g/mol. The molecule has 2 nitrogen and oxygen atoms in total. The van der Waals surface area contributed by atoms with Crippen LogP contribution < -0.4 is 5.46 Å². The third kappa shape index (κ3) is 11.1. The molecular weight excluding hydrogens is 1220 g/mol. The van der Waals surface area contributed by atoms with E-state index in [4.69, 9.17) is 9.31 Å². The molecule has 0 bridgehead atoms. The van der Waals surface area contributed by atoms with Gasteiger partial charge in [0.15, 0.2) is 0 Å². The minimum Gasteiger partial charge on any atom is -0.405 e. The lowest BCUT2D eigenvalue weighted by molar-refractivity contribution is -0.440. The van der Waals surface area contributed by atoms with Crippen molar-refractivity contribution in [2.45, 2.75) is 164 Å². The number of alkyl halides is 39. The van der Waals surface area contributed by atoms with Gasteiger partial charge in [0.25, 0.3) is 0 Å². The van der Waals surface area contributed by atoms with Crippen molar-refractivity contribution in [2.24, 2.45) is 0 Å². The lowest BCUT2D eigenvalue weighted by atomic mass is 9.79. The highest BCUT2D eigenvalue weighted by atomic mass is 28.3. The van der Waals surface area contributed by atoms with Crippen LogP contribution in [-0.2, 0) is 9.31 Å². The summed E-state index contributed by atoms with van der Waals surface area (Å²) in [5.74, 6) is -128. The fourth-order valence-electron chi connectivity index (χ4n) is 6.76. The van der Waals surface area contributed by atoms with Crippen LogP contribution >= 0.6 is 0 Å². The molecule has 77 heavy (non-hydrogen) atoms. The maximum absolute atomic E-state index is 15.2. The molecule has 1 saturated heterocycles. The molecule has 1 aliphatic rings. The van der Waals surface area contributed by atoms with Gasteiger partial charge in [-0.3, -0.25) is 0 Å². The molecule has 1 aromatic carbocycles. The second-order valence-corrected chi connectivity index (χ2v) is 21.9. The lowest BCUT2D eigenvalue weighted by Gasteiger charge is -2.43. The number of halogens is 39. The van der Waals surface area contributed by atoms with E-state index in [1.807, 2.05) is 0 Å². The summed E-state index contributed by atoms with van der Waals surface area (Å²) in [5, 5.41) is 0. The number of aryl methyl sites for hydroxylation is 1. The zero-order chi connectivity index (χ0) is 61.7. The molecule has 0 amide bonds. The highest BCUT2D eigenvalue weighted by Crippen LogP contribution is 2.65. The monoisotopic (exact) mass is 1240 g/mol. The molecule has 0 spiro atoms. The van der Waals surface area contributed by atoms with Gasteiger partial charge < -0.3 is 9.31 Å². The molecule has 1 heterocycles. The molecule has 0 aromatic heterocycles. The van der Waals surface area contributed by atoms with Gasteiger partial charge in [-0.2, -0.15) is 171 Å². The maximum Gasteiger partial charge on any atom is 0.494 e. The highest BCUT2D eigenvalue weighted by molar-refractivity contribution is 6.80. The first-order valence-electron chi connectivity index (χ1n) is 19.5. The normalized spacial score (nSPS) is 18.2. The van der Waals surface area contributed by atoms with Gasteiger partial charge in [-0.05, 0) is 18.4 Å². The van der Waals surface area contributed by atoms with Crippen LogP contribution in [0.4, 0.5) is 171 Å². The number of rotatable bonds is 24. The van der Waals surface area contributed by atoms with Gasteiger partial charge in [0.1, 0.15) is 0 Å². The Labute approximate surface area is 402 Å². The Morgan fingerprint density at radius 1 is 0.364 bits per heavy atom. The smallest absolute Gasteiger partial charge is 0.405 e. The predicted molar refractivity (Wildman–Crippen MR) is 179 cm³/mol. The summed E-state index contributed by atoms with van der Waals surface area (Å²) in [6.07, 6.45) is -39.3. The van der Waals surface area contributed by atoms with Crippen LogP contribution in [-0.4, -0.2) is 135 Å². The molecule has 452 valence electrons. The average Bonchev–Trinajstić information content (AvgIpc) is 3.70. The molecule has 1 fully saturated rings. The minimum atomic E-state index is -8.90. The predicted octanol–water partition coefficient (Wildman–Crippen LogP) is 15.9. The van der Waals surface area contributed by atoms with Gasteiger partial charge in [0.2, 0.25) is 0 Å². The second-order valence-electron chi connectivity index (χ2n) is 17.0. The van der Waals surface area contributed by atoms with Gasteiger partial charge in [0, 0.05) is 19.3 Å². The van der Waals surface area contributed by atoms with E-state index in [-0.39, 0.29) is 5.56 Å². The lowest BCUT2D eigenvalue weighted by Crippen LogP contribution is -2.70. The van der Waals surface area contributed by atoms with Gasteiger partial charge in [-0.25, -0.2) is 0 Å². The molecule has 1 atom stereocenters. The molecule has 1 aromatic rings. The first kappa shape index (κ1) is 69.8. The van der Waals surface area contributed by atoms with Crippen molar-refractivity contribution in [1.82, 2.24) is 0 Å². The SMILES string of the molecule is Cc1ccc(B2OCC(C[Si](CCC(F)(F)C(F)(F)C(F)(F)C(F)(F)C(F)(F)C(F)(F)F)(CCC(F)(F)C(F)(F)C(F)(F)C(F)(F)C(F)(F)C(F)(F)F)CCC(F)(F)C(F)(F)C(F)(F)C(F)(F)C(F)(F)C(F)(F)F)O2)cc1. The van der Waals surface area contributed by atoms with Crippen LogP contribution in [0.1, 0.15) is 24.8 Å². The molecule has 43 heteroatoms. The Balaban J connectivity index is 3.10. The van der Waals surface area contributed by atoms with Crippen molar-refractivity contribution in [2.75, 3.05) is 6.61 Å². The van der Waals surface area contributed by atoms with Crippen LogP contribution in [0.3, 0.4) is 0 Å². The van der Waals surface area contributed by atoms with Crippen molar-refractivity contribution in [3.8, 4) is 0 Å². The fourth-order valence-corrected chi connectivity index (χ4v) is 11.8. The Kier molecular flexibility index (Phi) is 18.1. The molecule has 2 rings (SSSR count). The molecule has 0 saturated carbocycles. The maximum atomic E-state index is 15.2. The third-order valence-electron chi connectivity index (χ3n) is 11.7. The van der Waals surface area contributed by atoms with E-state index in [0.29, 0.717) is 0 Å². The summed E-state index contributed by atoms with van der Waals surface area (Å²) in [6, 6.07) is -8.28. The summed E-state index contributed by atoms with van der Waals surface area (Å²) in [6.45, 7) is -0.263. The van der Waals surface area contributed by atoms with Gasteiger partial charge in [-0.15, -0.1) is 0 Å². The van der Waals surface area contributed by atoms with E-state index >= 15 is 26.3 Å². The van der Waals surface area contributed by atoms with Crippen molar-refractivity contribution in [3.05, 3.63) is 29.8 Å². The van der Waals surface area contributed by atoms with E-state index in [9.17, 15) is 145 Å². The molecule has 0 radical (unpaired) electrons. The van der Waals surface area contributed by atoms with Crippen LogP contribution in [0.25, 0.3) is 0 Å². The Morgan fingerprint density at radius 2 is 0.597 bits per heavy atom. The van der Waals surface area contributed by atoms with Crippen molar-refractivity contribution in [1.29, 1.82) is 0 Å². The summed E-state index contributed by atoms with van der Waals surface area (Å²) in [7, 11) is -9.16. The number of hydrogen-bond donors (Lipinski definition) is 0. The summed E-state index contributed by atoms with van der Waals surface area (Å²) in [4.78, 5) is 0. The highest BCUT2D eigenvalue weighted by Gasteiger charge is 2.93. The fraction of sp³-hybridized carbons (Fsp3) is 0.824. The quantitative estimate of drug-likeness (QED) is 0.0759. The zero-order valence-corrected chi connectivity index (χ0v) is 37.2. The number of benzene rings is 1. The van der Waals surface area contributed by atoms with E-state index < -0.39 is 184 Å². The van der Waals surface area contributed by atoms with E-state index in [1.165, 1.54) is 6.92 Å². The molecule has 0 aliphatic carbocycles. The molecule has 1 aliphatic heterocycles. The minimum absolute atomic E-state index is 0.282. The summed E-state index contributed by atoms with van der Waals surface area (Å²) < 4.78 is 555. The van der Waals surface area contributed by atoms with Crippen molar-refractivity contribution < 1.29 is 181 Å². The van der Waals surface area contributed by atoms with Crippen molar-refractivity contribution >= 4 is 20.7 Å². The summed E-state index contributed by atoms with van der Waals surface area (Å²) >= 11 is 0. The van der Waals surface area contributed by atoms with Gasteiger partial charge >= 0.3 is 114 Å². The first-order chi connectivity index (χ1) is 33.3. The topological polar surface area (TPSA) is 18.5 Å². The zero-order valence-electron chi connectivity index (χ0n) is 36.2. The molecule has 1 unspecified atom stereocenters. The Hall–Kier alpha value is -3.31.